The van der Waals surface area contributed by atoms with E-state index in [2.05, 4.69) is 0 Å². The van der Waals surface area contributed by atoms with Crippen LogP contribution < -0.4 is 0 Å². The average molecular weight is 478 g/mol. The Morgan fingerprint density at radius 1 is 1.03 bits per heavy atom. The summed E-state index contributed by atoms with van der Waals surface area (Å²) in [4.78, 5) is 11.2. The molecule has 0 spiro atoms. The van der Waals surface area contributed by atoms with E-state index < -0.39 is 41.0 Å². The van der Waals surface area contributed by atoms with E-state index in [1.54, 1.807) is 24.3 Å². The molecule has 0 bridgehead atoms. The van der Waals surface area contributed by atoms with Crippen molar-refractivity contribution < 1.29 is 31.5 Å². The molecule has 1 heterocycles. The van der Waals surface area contributed by atoms with Crippen molar-refractivity contribution >= 4 is 34.9 Å². The molecule has 0 saturated heterocycles. The van der Waals surface area contributed by atoms with Gasteiger partial charge in [0, 0.05) is 17.3 Å². The number of hydrogen-bond acceptors (Lipinski definition) is 3. The molecule has 2 aromatic rings. The van der Waals surface area contributed by atoms with Gasteiger partial charge in [-0.1, -0.05) is 59.7 Å². The third kappa shape index (κ3) is 4.04. The minimum Gasteiger partial charge on any atom is -0.481 e. The lowest BCUT2D eigenvalue weighted by Crippen LogP contribution is -2.53. The van der Waals surface area contributed by atoms with Crippen molar-refractivity contribution in [2.24, 2.45) is 0 Å². The second-order valence-electron chi connectivity index (χ2n) is 8.83. The van der Waals surface area contributed by atoms with E-state index >= 15 is 0 Å². The van der Waals surface area contributed by atoms with Gasteiger partial charge in [-0.2, -0.15) is 13.2 Å². The molecule has 0 amide bonds. The number of fused-ring (bicyclic) bond motifs is 1. The molecule has 0 aliphatic rings. The summed E-state index contributed by atoms with van der Waals surface area (Å²) in [5, 5.41) is 8.76. The number of hydrogen-bond donors (Lipinski definition) is 1. The first kappa shape index (κ1) is 25.4. The number of carboxylic acids is 1. The summed E-state index contributed by atoms with van der Waals surface area (Å²) in [6, 6.07) is 6.52. The fraction of sp³-hybridized carbons (Fsp3) is 0.571. The second-order valence-corrected chi connectivity index (χ2v) is 16.4. The molecule has 0 unspecified atom stereocenters. The molecule has 0 atom stereocenters. The summed E-state index contributed by atoms with van der Waals surface area (Å²) >= 11 is 0. The van der Waals surface area contributed by atoms with Crippen LogP contribution in [0.2, 0.25) is 16.6 Å². The van der Waals surface area contributed by atoms with Gasteiger partial charge in [-0.3, -0.25) is 4.79 Å². The molecule has 10 heteroatoms. The van der Waals surface area contributed by atoms with Crippen LogP contribution in [0.5, 0.6) is 0 Å². The number of para-hydroxylation sites is 1. The van der Waals surface area contributed by atoms with Crippen LogP contribution in [0.4, 0.5) is 13.2 Å². The summed E-state index contributed by atoms with van der Waals surface area (Å²) in [5.74, 6) is -1.20. The number of sulfone groups is 1. The Hall–Kier alpha value is -1.81. The fourth-order valence-electron chi connectivity index (χ4n) is 5.31. The van der Waals surface area contributed by atoms with Gasteiger partial charge in [0.15, 0.2) is 8.24 Å². The lowest BCUT2D eigenvalue weighted by molar-refractivity contribution is -0.136. The highest BCUT2D eigenvalue weighted by atomic mass is 32.2. The number of aryl methyl sites for hydroxylation is 1. The Kier molecular flexibility index (Phi) is 7.07. The number of carbonyl (C=O) groups is 1. The number of rotatable bonds is 8. The van der Waals surface area contributed by atoms with Crippen LogP contribution in [0, 0.1) is 0 Å². The van der Waals surface area contributed by atoms with E-state index in [1.165, 1.54) is 4.23 Å². The van der Waals surface area contributed by atoms with Gasteiger partial charge in [-0.25, -0.2) is 8.42 Å². The van der Waals surface area contributed by atoms with Gasteiger partial charge in [-0.05, 0) is 34.7 Å². The van der Waals surface area contributed by atoms with E-state index in [9.17, 15) is 26.4 Å². The Morgan fingerprint density at radius 2 is 1.52 bits per heavy atom. The third-order valence-corrected chi connectivity index (χ3v) is 14.7. The zero-order chi connectivity index (χ0) is 23.9. The van der Waals surface area contributed by atoms with E-state index in [4.69, 9.17) is 5.11 Å². The molecule has 0 radical (unpaired) electrons. The minimum atomic E-state index is -5.73. The summed E-state index contributed by atoms with van der Waals surface area (Å²) in [6.07, 6.45) is -0.764. The molecule has 0 saturated carbocycles. The molecule has 5 nitrogen and oxygen atoms in total. The van der Waals surface area contributed by atoms with Crippen molar-refractivity contribution in [3.63, 3.8) is 0 Å². The molecule has 1 N–H and O–H groups in total. The molecular weight excluding hydrogens is 447 g/mol. The summed E-state index contributed by atoms with van der Waals surface area (Å²) in [5.41, 5.74) is -5.35. The lowest BCUT2D eigenvalue weighted by Gasteiger charge is -2.45. The molecule has 174 valence electrons. The Morgan fingerprint density at radius 3 is 1.94 bits per heavy atom. The first-order valence-electron chi connectivity index (χ1n) is 10.3. The van der Waals surface area contributed by atoms with Crippen molar-refractivity contribution in [1.82, 2.24) is 4.23 Å². The second kappa shape index (κ2) is 8.61. The molecule has 2 rings (SSSR count). The number of carboxylic acid groups (broad SMARTS) is 1. The van der Waals surface area contributed by atoms with E-state index in [-0.39, 0.29) is 28.6 Å². The number of halogens is 3. The van der Waals surface area contributed by atoms with Crippen LogP contribution in [0.3, 0.4) is 0 Å². The van der Waals surface area contributed by atoms with Crippen molar-refractivity contribution in [3.05, 3.63) is 29.8 Å². The van der Waals surface area contributed by atoms with Crippen LogP contribution in [0.1, 0.15) is 53.5 Å². The number of aliphatic carboxylic acids is 1. The Labute approximate surface area is 182 Å². The van der Waals surface area contributed by atoms with E-state index in [1.807, 2.05) is 41.5 Å². The van der Waals surface area contributed by atoms with Gasteiger partial charge in [-0.15, -0.1) is 0 Å². The topological polar surface area (TPSA) is 76.4 Å². The van der Waals surface area contributed by atoms with Crippen molar-refractivity contribution in [1.29, 1.82) is 0 Å². The van der Waals surface area contributed by atoms with Gasteiger partial charge >= 0.3 is 11.5 Å². The van der Waals surface area contributed by atoms with Crippen molar-refractivity contribution in [2.75, 3.05) is 0 Å². The molecule has 1 aromatic carbocycles. The lowest BCUT2D eigenvalue weighted by atomic mass is 10.1. The maximum Gasteiger partial charge on any atom is 0.503 e. The molecule has 1 aromatic heterocycles. The molecule has 0 aliphatic carbocycles. The minimum absolute atomic E-state index is 0.0610. The number of nitrogens with zero attached hydrogens (tertiary/aromatic N) is 1. The van der Waals surface area contributed by atoms with Crippen LogP contribution in [-0.2, 0) is 21.1 Å². The fourth-order valence-corrected chi connectivity index (χ4v) is 13.9. The van der Waals surface area contributed by atoms with Crippen molar-refractivity contribution in [3.8, 4) is 0 Å². The standard InChI is InChI=1S/C21H30F3NO4SSi/c1-13(2)31(14(3)4,15(5)6)25-18-10-8-7-9-16(18)17(11-12-19(26)27)20(25)30(28,29)21(22,23)24/h7-10,13-15H,11-12H2,1-6H3,(H,26,27). The molecular formula is C21H30F3NO4SSi. The Bertz CT molecular complexity index is 1050. The van der Waals surface area contributed by atoms with Crippen LogP contribution in [-0.4, -0.2) is 37.5 Å². The highest BCUT2D eigenvalue weighted by molar-refractivity contribution is 7.92. The maximum absolute atomic E-state index is 13.9. The number of aromatic nitrogens is 1. The summed E-state index contributed by atoms with van der Waals surface area (Å²) in [6.45, 7) is 11.6. The third-order valence-electron chi connectivity index (χ3n) is 6.24. The first-order chi connectivity index (χ1) is 14.1. The molecule has 31 heavy (non-hydrogen) atoms. The number of alkyl halides is 3. The maximum atomic E-state index is 13.9. The zero-order valence-corrected chi connectivity index (χ0v) is 20.4. The Balaban J connectivity index is 3.21. The summed E-state index contributed by atoms with van der Waals surface area (Å²) in [7, 11) is -8.67. The van der Waals surface area contributed by atoms with Crippen LogP contribution >= 0.6 is 0 Å². The normalized spacial score (nSPS) is 13.7. The highest BCUT2D eigenvalue weighted by Gasteiger charge is 2.55. The largest absolute Gasteiger partial charge is 0.503 e. The van der Waals surface area contributed by atoms with Gasteiger partial charge in [0.05, 0.1) is 0 Å². The highest BCUT2D eigenvalue weighted by Crippen LogP contribution is 2.49. The predicted octanol–water partition coefficient (Wildman–Crippen LogP) is 5.98. The first-order valence-corrected chi connectivity index (χ1v) is 13.9. The van der Waals surface area contributed by atoms with Crippen LogP contribution in [0.15, 0.2) is 29.3 Å². The van der Waals surface area contributed by atoms with Gasteiger partial charge in [0.2, 0.25) is 0 Å². The predicted molar refractivity (Wildman–Crippen MR) is 118 cm³/mol. The van der Waals surface area contributed by atoms with Gasteiger partial charge < -0.3 is 9.34 Å². The SMILES string of the molecule is CC(C)[Si](C(C)C)(C(C)C)n1c(S(=O)(=O)C(F)(F)F)c(CCC(=O)O)c2ccccc21. The van der Waals surface area contributed by atoms with Gasteiger partial charge in [0.1, 0.15) is 5.03 Å². The quantitative estimate of drug-likeness (QED) is 0.475. The monoisotopic (exact) mass is 477 g/mol. The smallest absolute Gasteiger partial charge is 0.481 e. The molecule has 0 aliphatic heterocycles. The van der Waals surface area contributed by atoms with Crippen molar-refractivity contribution in [2.45, 2.75) is 81.5 Å². The molecule has 0 fully saturated rings. The number of benzene rings is 1. The van der Waals surface area contributed by atoms with Crippen LogP contribution in [0.25, 0.3) is 10.9 Å². The van der Waals surface area contributed by atoms with E-state index in [0.717, 1.165) is 0 Å². The summed E-state index contributed by atoms with van der Waals surface area (Å²) < 4.78 is 69.1. The van der Waals surface area contributed by atoms with Gasteiger partial charge in [0.25, 0.3) is 9.84 Å². The average Bonchev–Trinajstić information content (AvgIpc) is 2.94. The zero-order valence-electron chi connectivity index (χ0n) is 18.6. The van der Waals surface area contributed by atoms with E-state index in [0.29, 0.717) is 10.9 Å².